The second-order valence-corrected chi connectivity index (χ2v) is 5.03. The fraction of sp³-hybridized carbons (Fsp3) is 1.00. The van der Waals surface area contributed by atoms with Gasteiger partial charge in [0.05, 0.1) is 5.60 Å². The maximum absolute atomic E-state index is 9.36. The Balaban J connectivity index is 3.28. The molecule has 0 heterocycles. The van der Waals surface area contributed by atoms with Crippen molar-refractivity contribution in [3.05, 3.63) is 0 Å². The van der Waals surface area contributed by atoms with E-state index in [1.54, 1.807) is 0 Å². The fourth-order valence-corrected chi connectivity index (χ4v) is 1.73. The van der Waals surface area contributed by atoms with Crippen LogP contribution in [0.3, 0.4) is 0 Å². The molecule has 0 bridgehead atoms. The maximum Gasteiger partial charge on any atom is 0.0599 e. The zero-order valence-electron chi connectivity index (χ0n) is 7.63. The number of hydrogen-bond donors (Lipinski definition) is 2. The molecule has 3 heteroatoms. The minimum atomic E-state index is -0.526. The Hall–Kier alpha value is 0.270. The van der Waals surface area contributed by atoms with Crippen molar-refractivity contribution in [1.82, 2.24) is 0 Å². The van der Waals surface area contributed by atoms with Gasteiger partial charge in [0.1, 0.15) is 0 Å². The van der Waals surface area contributed by atoms with E-state index in [-0.39, 0.29) is 0 Å². The Morgan fingerprint density at radius 2 is 2.09 bits per heavy atom. The van der Waals surface area contributed by atoms with E-state index < -0.39 is 5.60 Å². The molecule has 0 amide bonds. The Bertz CT molecular complexity index is 101. The number of hydrogen-bond acceptors (Lipinski definition) is 3. The topological polar surface area (TPSA) is 46.2 Å². The SMILES string of the molecule is CC(CN)SCCC(C)(C)O. The molecule has 0 rings (SSSR count). The van der Waals surface area contributed by atoms with E-state index in [1.165, 1.54) is 0 Å². The molecule has 2 nitrogen and oxygen atoms in total. The largest absolute Gasteiger partial charge is 0.390 e. The minimum absolute atomic E-state index is 0.511. The van der Waals surface area contributed by atoms with E-state index in [0.717, 1.165) is 18.7 Å². The van der Waals surface area contributed by atoms with Gasteiger partial charge < -0.3 is 10.8 Å². The van der Waals surface area contributed by atoms with Crippen molar-refractivity contribution in [2.45, 2.75) is 38.0 Å². The van der Waals surface area contributed by atoms with Crippen molar-refractivity contribution < 1.29 is 5.11 Å². The van der Waals surface area contributed by atoms with E-state index in [9.17, 15) is 5.11 Å². The second kappa shape index (κ2) is 5.01. The summed E-state index contributed by atoms with van der Waals surface area (Å²) < 4.78 is 0. The monoisotopic (exact) mass is 177 g/mol. The Morgan fingerprint density at radius 3 is 2.45 bits per heavy atom. The highest BCUT2D eigenvalue weighted by atomic mass is 32.2. The van der Waals surface area contributed by atoms with E-state index in [0.29, 0.717) is 5.25 Å². The van der Waals surface area contributed by atoms with Gasteiger partial charge in [-0.15, -0.1) is 0 Å². The van der Waals surface area contributed by atoms with Gasteiger partial charge >= 0.3 is 0 Å². The van der Waals surface area contributed by atoms with Gasteiger partial charge in [-0.1, -0.05) is 6.92 Å². The molecule has 0 aliphatic heterocycles. The first-order chi connectivity index (χ1) is 4.95. The highest BCUT2D eigenvalue weighted by Gasteiger charge is 2.12. The molecular weight excluding hydrogens is 158 g/mol. The lowest BCUT2D eigenvalue weighted by atomic mass is 10.1. The van der Waals surface area contributed by atoms with Gasteiger partial charge in [0.2, 0.25) is 0 Å². The Morgan fingerprint density at radius 1 is 1.55 bits per heavy atom. The van der Waals surface area contributed by atoms with E-state index in [2.05, 4.69) is 6.92 Å². The first-order valence-electron chi connectivity index (χ1n) is 4.00. The van der Waals surface area contributed by atoms with Crippen molar-refractivity contribution in [1.29, 1.82) is 0 Å². The van der Waals surface area contributed by atoms with E-state index in [4.69, 9.17) is 5.73 Å². The average molecular weight is 177 g/mol. The lowest BCUT2D eigenvalue weighted by molar-refractivity contribution is 0.0777. The van der Waals surface area contributed by atoms with Crippen LogP contribution in [0.15, 0.2) is 0 Å². The summed E-state index contributed by atoms with van der Waals surface area (Å²) >= 11 is 1.82. The van der Waals surface area contributed by atoms with Gasteiger partial charge in [0.15, 0.2) is 0 Å². The summed E-state index contributed by atoms with van der Waals surface area (Å²) in [7, 11) is 0. The van der Waals surface area contributed by atoms with Crippen LogP contribution in [0, 0.1) is 0 Å². The molecule has 0 saturated carbocycles. The highest BCUT2D eigenvalue weighted by molar-refractivity contribution is 7.99. The maximum atomic E-state index is 9.36. The van der Waals surface area contributed by atoms with Crippen molar-refractivity contribution >= 4 is 11.8 Å². The van der Waals surface area contributed by atoms with Crippen LogP contribution in [0.25, 0.3) is 0 Å². The van der Waals surface area contributed by atoms with Gasteiger partial charge in [-0.25, -0.2) is 0 Å². The molecule has 0 aromatic carbocycles. The molecule has 0 fully saturated rings. The summed E-state index contributed by atoms with van der Waals surface area (Å²) in [5, 5.41) is 9.87. The second-order valence-electron chi connectivity index (χ2n) is 3.48. The quantitative estimate of drug-likeness (QED) is 0.664. The summed E-state index contributed by atoms with van der Waals surface area (Å²) in [6, 6.07) is 0. The minimum Gasteiger partial charge on any atom is -0.390 e. The smallest absolute Gasteiger partial charge is 0.0599 e. The average Bonchev–Trinajstić information content (AvgIpc) is 1.85. The standard InChI is InChI=1S/C8H19NOS/c1-7(6-9)11-5-4-8(2,3)10/h7,10H,4-6,9H2,1-3H3. The predicted octanol–water partition coefficient (Wildman–Crippen LogP) is 1.23. The van der Waals surface area contributed by atoms with Gasteiger partial charge in [-0.2, -0.15) is 11.8 Å². The van der Waals surface area contributed by atoms with Gasteiger partial charge in [-0.3, -0.25) is 0 Å². The van der Waals surface area contributed by atoms with Crippen LogP contribution in [0.1, 0.15) is 27.2 Å². The molecule has 1 atom stereocenters. The van der Waals surface area contributed by atoms with E-state index in [1.807, 2.05) is 25.6 Å². The molecule has 0 radical (unpaired) electrons. The summed E-state index contributed by atoms with van der Waals surface area (Å²) in [5.41, 5.74) is 4.91. The van der Waals surface area contributed by atoms with Crippen molar-refractivity contribution in [2.24, 2.45) is 5.73 Å². The van der Waals surface area contributed by atoms with Crippen molar-refractivity contribution in [3.8, 4) is 0 Å². The van der Waals surface area contributed by atoms with Crippen LogP contribution in [-0.2, 0) is 0 Å². The van der Waals surface area contributed by atoms with E-state index >= 15 is 0 Å². The molecule has 11 heavy (non-hydrogen) atoms. The Kier molecular flexibility index (Phi) is 5.13. The molecule has 0 aliphatic carbocycles. The van der Waals surface area contributed by atoms with Gasteiger partial charge in [0, 0.05) is 11.8 Å². The first kappa shape index (κ1) is 11.3. The summed E-state index contributed by atoms with van der Waals surface area (Å²) in [6.45, 7) is 6.49. The van der Waals surface area contributed by atoms with Crippen LogP contribution in [0.2, 0.25) is 0 Å². The first-order valence-corrected chi connectivity index (χ1v) is 5.04. The molecule has 0 aromatic rings. The molecule has 68 valence electrons. The lowest BCUT2D eigenvalue weighted by Crippen LogP contribution is -2.21. The van der Waals surface area contributed by atoms with Crippen LogP contribution < -0.4 is 5.73 Å². The number of thioether (sulfide) groups is 1. The molecule has 0 spiro atoms. The molecule has 0 saturated heterocycles. The summed E-state index contributed by atoms with van der Waals surface area (Å²) in [6.07, 6.45) is 0.835. The van der Waals surface area contributed by atoms with Gasteiger partial charge in [-0.05, 0) is 26.0 Å². The van der Waals surface area contributed by atoms with Crippen molar-refractivity contribution in [2.75, 3.05) is 12.3 Å². The predicted molar refractivity (Wildman–Crippen MR) is 51.9 cm³/mol. The van der Waals surface area contributed by atoms with Crippen LogP contribution in [0.5, 0.6) is 0 Å². The molecule has 3 N–H and O–H groups in total. The lowest BCUT2D eigenvalue weighted by Gasteiger charge is -2.17. The molecule has 0 aliphatic rings. The summed E-state index contributed by atoms with van der Waals surface area (Å²) in [5.74, 6) is 0.988. The molecule has 1 unspecified atom stereocenters. The molecular formula is C8H19NOS. The fourth-order valence-electron chi connectivity index (χ4n) is 0.578. The number of nitrogens with two attached hydrogens (primary N) is 1. The number of aliphatic hydroxyl groups is 1. The number of rotatable bonds is 5. The van der Waals surface area contributed by atoms with Crippen LogP contribution in [-0.4, -0.2) is 28.3 Å². The van der Waals surface area contributed by atoms with Crippen LogP contribution in [0.4, 0.5) is 0 Å². The zero-order chi connectivity index (χ0) is 8.91. The summed E-state index contributed by atoms with van der Waals surface area (Å²) in [4.78, 5) is 0. The van der Waals surface area contributed by atoms with Gasteiger partial charge in [0.25, 0.3) is 0 Å². The van der Waals surface area contributed by atoms with Crippen molar-refractivity contribution in [3.63, 3.8) is 0 Å². The third-order valence-electron chi connectivity index (χ3n) is 1.45. The van der Waals surface area contributed by atoms with Crippen LogP contribution >= 0.6 is 11.8 Å². The normalized spacial score (nSPS) is 15.0. The third kappa shape index (κ3) is 8.17. The highest BCUT2D eigenvalue weighted by Crippen LogP contribution is 2.16. The third-order valence-corrected chi connectivity index (χ3v) is 2.65. The molecule has 0 aromatic heterocycles. The Labute approximate surface area is 73.6 Å². The zero-order valence-corrected chi connectivity index (χ0v) is 8.45.